The standard InChI is InChI=1S/C22H20F6O/c1-3-5-7-15-10-11-17(21(26)19(15)24)29-13-22(27,28)12-16-9-8-14(6-4-2)18(23)20(16)25/h3-4,6,8-11H,1,5,7,12-13H2,2H3/b6-4+. The number of ether oxygens (including phenoxy) is 1. The van der Waals surface area contributed by atoms with Gasteiger partial charge in [-0.25, -0.2) is 22.0 Å². The number of allylic oxidation sites excluding steroid dienone is 2. The fourth-order valence-electron chi connectivity index (χ4n) is 2.70. The summed E-state index contributed by atoms with van der Waals surface area (Å²) in [5.74, 6) is -9.50. The molecule has 29 heavy (non-hydrogen) atoms. The van der Waals surface area contributed by atoms with E-state index in [2.05, 4.69) is 6.58 Å². The Bertz CT molecular complexity index is 905. The smallest absolute Gasteiger partial charge is 0.285 e. The molecule has 2 aromatic rings. The predicted molar refractivity (Wildman–Crippen MR) is 100 cm³/mol. The first kappa shape index (κ1) is 22.6. The molecule has 7 heteroatoms. The van der Waals surface area contributed by atoms with Crippen LogP contribution in [-0.2, 0) is 12.8 Å². The molecular weight excluding hydrogens is 394 g/mol. The second-order valence-corrected chi connectivity index (χ2v) is 6.44. The van der Waals surface area contributed by atoms with Gasteiger partial charge in [0, 0.05) is 12.0 Å². The number of hydrogen-bond donors (Lipinski definition) is 0. The van der Waals surface area contributed by atoms with Crippen LogP contribution in [0.15, 0.2) is 43.0 Å². The van der Waals surface area contributed by atoms with Crippen LogP contribution >= 0.6 is 0 Å². The lowest BCUT2D eigenvalue weighted by molar-refractivity contribution is -0.0417. The Morgan fingerprint density at radius 3 is 2.24 bits per heavy atom. The van der Waals surface area contributed by atoms with E-state index in [1.54, 1.807) is 6.92 Å². The average molecular weight is 414 g/mol. The fraction of sp³-hybridized carbons (Fsp3) is 0.273. The molecule has 0 unspecified atom stereocenters. The molecule has 1 nitrogen and oxygen atoms in total. The molecule has 0 aliphatic heterocycles. The van der Waals surface area contributed by atoms with Gasteiger partial charge in [-0.2, -0.15) is 4.39 Å². The number of aryl methyl sites for hydroxylation is 1. The van der Waals surface area contributed by atoms with Crippen LogP contribution in [0.4, 0.5) is 26.3 Å². The van der Waals surface area contributed by atoms with Gasteiger partial charge in [0.1, 0.15) is 0 Å². The van der Waals surface area contributed by atoms with Crippen molar-refractivity contribution < 1.29 is 31.1 Å². The van der Waals surface area contributed by atoms with Crippen LogP contribution in [0.5, 0.6) is 5.75 Å². The van der Waals surface area contributed by atoms with Crippen LogP contribution in [0.1, 0.15) is 30.0 Å². The zero-order valence-electron chi connectivity index (χ0n) is 15.8. The van der Waals surface area contributed by atoms with Gasteiger partial charge in [0.25, 0.3) is 5.92 Å². The molecule has 0 saturated carbocycles. The molecule has 0 spiro atoms. The molecule has 0 amide bonds. The summed E-state index contributed by atoms with van der Waals surface area (Å²) in [5, 5.41) is 0. The summed E-state index contributed by atoms with van der Waals surface area (Å²) in [4.78, 5) is 0. The SMILES string of the molecule is C=CCCc1ccc(OCC(F)(F)Cc2ccc(/C=C/C)c(F)c2F)c(F)c1F. The lowest BCUT2D eigenvalue weighted by Crippen LogP contribution is -2.29. The third kappa shape index (κ3) is 5.65. The van der Waals surface area contributed by atoms with Gasteiger partial charge < -0.3 is 4.74 Å². The summed E-state index contributed by atoms with van der Waals surface area (Å²) in [6, 6.07) is 4.53. The molecule has 0 aliphatic carbocycles. The van der Waals surface area contributed by atoms with Gasteiger partial charge in [-0.05, 0) is 37.0 Å². The predicted octanol–water partition coefficient (Wildman–Crippen LogP) is 6.65. The minimum absolute atomic E-state index is 0.0672. The maximum atomic E-state index is 14.2. The first-order valence-electron chi connectivity index (χ1n) is 8.88. The Labute approximate surface area is 165 Å². The minimum atomic E-state index is -3.64. The van der Waals surface area contributed by atoms with Gasteiger partial charge in [0.05, 0.1) is 0 Å². The Morgan fingerprint density at radius 1 is 0.931 bits per heavy atom. The van der Waals surface area contributed by atoms with Gasteiger partial charge in [-0.3, -0.25) is 0 Å². The molecule has 0 saturated heterocycles. The summed E-state index contributed by atoms with van der Waals surface area (Å²) in [5.41, 5.74) is -0.543. The van der Waals surface area contributed by atoms with Crippen LogP contribution in [0.2, 0.25) is 0 Å². The molecule has 0 radical (unpaired) electrons. The van der Waals surface area contributed by atoms with Crippen molar-refractivity contribution in [3.63, 3.8) is 0 Å². The Kier molecular flexibility index (Phi) is 7.53. The van der Waals surface area contributed by atoms with E-state index in [1.807, 2.05) is 0 Å². The highest BCUT2D eigenvalue weighted by Crippen LogP contribution is 2.28. The maximum absolute atomic E-state index is 14.2. The van der Waals surface area contributed by atoms with Gasteiger partial charge in [-0.15, -0.1) is 6.58 Å². The highest BCUT2D eigenvalue weighted by Gasteiger charge is 2.33. The topological polar surface area (TPSA) is 9.23 Å². The van der Waals surface area contributed by atoms with Crippen LogP contribution in [0.3, 0.4) is 0 Å². The van der Waals surface area contributed by atoms with Crippen molar-refractivity contribution in [1.82, 2.24) is 0 Å². The number of rotatable bonds is 9. The Hall–Kier alpha value is -2.70. The molecule has 0 bridgehead atoms. The van der Waals surface area contributed by atoms with Crippen LogP contribution in [-0.4, -0.2) is 12.5 Å². The number of alkyl halides is 2. The van der Waals surface area contributed by atoms with Crippen LogP contribution < -0.4 is 4.74 Å². The van der Waals surface area contributed by atoms with Crippen molar-refractivity contribution in [1.29, 1.82) is 0 Å². The maximum Gasteiger partial charge on any atom is 0.285 e. The Balaban J connectivity index is 2.12. The van der Waals surface area contributed by atoms with E-state index in [1.165, 1.54) is 30.4 Å². The second-order valence-electron chi connectivity index (χ2n) is 6.44. The molecule has 0 fully saturated rings. The van der Waals surface area contributed by atoms with Crippen molar-refractivity contribution in [2.45, 2.75) is 32.1 Å². The van der Waals surface area contributed by atoms with E-state index < -0.39 is 53.5 Å². The zero-order chi connectivity index (χ0) is 21.6. The number of hydrogen-bond acceptors (Lipinski definition) is 1. The number of halogens is 6. The summed E-state index contributed by atoms with van der Waals surface area (Å²) in [7, 11) is 0. The van der Waals surface area contributed by atoms with Crippen molar-refractivity contribution in [3.05, 3.63) is 83.0 Å². The lowest BCUT2D eigenvalue weighted by atomic mass is 10.0. The lowest BCUT2D eigenvalue weighted by Gasteiger charge is -2.18. The third-order valence-electron chi connectivity index (χ3n) is 4.17. The van der Waals surface area contributed by atoms with Gasteiger partial charge >= 0.3 is 0 Å². The quantitative estimate of drug-likeness (QED) is 0.330. The molecule has 0 N–H and O–H groups in total. The van der Waals surface area contributed by atoms with Gasteiger partial charge in [0.2, 0.25) is 5.82 Å². The van der Waals surface area contributed by atoms with E-state index in [4.69, 9.17) is 4.74 Å². The van der Waals surface area contributed by atoms with Crippen molar-refractivity contribution in [2.75, 3.05) is 6.61 Å². The fourth-order valence-corrected chi connectivity index (χ4v) is 2.70. The molecule has 0 heterocycles. The summed E-state index contributed by atoms with van der Waals surface area (Å²) < 4.78 is 89.0. The van der Waals surface area contributed by atoms with E-state index >= 15 is 0 Å². The van der Waals surface area contributed by atoms with E-state index in [-0.39, 0.29) is 17.5 Å². The molecular formula is C22H20F6O. The normalized spacial score (nSPS) is 11.8. The monoisotopic (exact) mass is 414 g/mol. The number of benzene rings is 2. The van der Waals surface area contributed by atoms with Crippen molar-refractivity contribution >= 4 is 6.08 Å². The summed E-state index contributed by atoms with van der Waals surface area (Å²) >= 11 is 0. The second kappa shape index (κ2) is 9.67. The molecule has 0 atom stereocenters. The minimum Gasteiger partial charge on any atom is -0.484 e. The first-order chi connectivity index (χ1) is 13.7. The van der Waals surface area contributed by atoms with Crippen molar-refractivity contribution in [3.8, 4) is 5.75 Å². The highest BCUT2D eigenvalue weighted by atomic mass is 19.3. The largest absolute Gasteiger partial charge is 0.484 e. The van der Waals surface area contributed by atoms with E-state index in [0.717, 1.165) is 12.1 Å². The summed E-state index contributed by atoms with van der Waals surface area (Å²) in [6.45, 7) is 3.76. The molecule has 156 valence electrons. The molecule has 2 aromatic carbocycles. The van der Waals surface area contributed by atoms with Crippen molar-refractivity contribution in [2.24, 2.45) is 0 Å². The van der Waals surface area contributed by atoms with Crippen LogP contribution in [0, 0.1) is 23.3 Å². The van der Waals surface area contributed by atoms with Crippen LogP contribution in [0.25, 0.3) is 6.08 Å². The highest BCUT2D eigenvalue weighted by molar-refractivity contribution is 5.50. The Morgan fingerprint density at radius 2 is 1.59 bits per heavy atom. The average Bonchev–Trinajstić information content (AvgIpc) is 2.68. The molecule has 2 rings (SSSR count). The molecule has 0 aromatic heterocycles. The first-order valence-corrected chi connectivity index (χ1v) is 8.88. The van der Waals surface area contributed by atoms with Gasteiger partial charge in [0.15, 0.2) is 29.8 Å². The van der Waals surface area contributed by atoms with E-state index in [0.29, 0.717) is 6.42 Å². The summed E-state index contributed by atoms with van der Waals surface area (Å²) in [6.07, 6.45) is 3.79. The third-order valence-corrected chi connectivity index (χ3v) is 4.17. The molecule has 0 aliphatic rings. The van der Waals surface area contributed by atoms with Gasteiger partial charge in [-0.1, -0.05) is 36.4 Å². The zero-order valence-corrected chi connectivity index (χ0v) is 15.8. The van der Waals surface area contributed by atoms with E-state index in [9.17, 15) is 26.3 Å².